The number of carbonyl (C=O) groups is 2. The van der Waals surface area contributed by atoms with Gasteiger partial charge in [0.15, 0.2) is 6.04 Å². The molecule has 0 aliphatic carbocycles. The molecule has 1 N–H and O–H groups in total. The molecule has 0 radical (unpaired) electrons. The van der Waals surface area contributed by atoms with Crippen molar-refractivity contribution in [3.8, 4) is 0 Å². The molecule has 0 aliphatic rings. The van der Waals surface area contributed by atoms with E-state index in [1.807, 2.05) is 30.3 Å². The number of rotatable bonds is 8. The first kappa shape index (κ1) is 16.9. The second kappa shape index (κ2) is 9.73. The Bertz CT molecular complexity index is 436. The largest absolute Gasteiger partial charge is 0.467 e. The van der Waals surface area contributed by atoms with Crippen molar-refractivity contribution in [2.45, 2.75) is 12.6 Å². The van der Waals surface area contributed by atoms with Gasteiger partial charge in [0, 0.05) is 7.11 Å². The maximum atomic E-state index is 11.7. The molecule has 1 aromatic carbocycles. The van der Waals surface area contributed by atoms with E-state index < -0.39 is 18.1 Å². The quantitative estimate of drug-likeness (QED) is 0.439. The van der Waals surface area contributed by atoms with E-state index >= 15 is 0 Å². The third-order valence-electron chi connectivity index (χ3n) is 2.48. The van der Waals surface area contributed by atoms with Crippen molar-refractivity contribution < 1.29 is 28.5 Å². The molecule has 0 saturated carbocycles. The van der Waals surface area contributed by atoms with Crippen LogP contribution in [0.2, 0.25) is 0 Å². The van der Waals surface area contributed by atoms with E-state index in [2.05, 4.69) is 10.1 Å². The van der Waals surface area contributed by atoms with Crippen molar-refractivity contribution in [1.29, 1.82) is 0 Å². The van der Waals surface area contributed by atoms with Crippen molar-refractivity contribution in [1.82, 2.24) is 5.32 Å². The number of alkyl carbamates (subject to hydrolysis) is 1. The predicted molar refractivity (Wildman–Crippen MR) is 73.4 cm³/mol. The van der Waals surface area contributed by atoms with Gasteiger partial charge in [-0.05, 0) is 5.56 Å². The molecule has 0 unspecified atom stereocenters. The Labute approximate surface area is 123 Å². The zero-order valence-electron chi connectivity index (χ0n) is 12.0. The van der Waals surface area contributed by atoms with Gasteiger partial charge in [0.05, 0.1) is 13.7 Å². The molecular weight excluding hydrogens is 278 g/mol. The molecular formula is C14H19NO6. The number of esters is 1. The van der Waals surface area contributed by atoms with Crippen LogP contribution >= 0.6 is 0 Å². The highest BCUT2D eigenvalue weighted by Crippen LogP contribution is 2.01. The van der Waals surface area contributed by atoms with E-state index in [4.69, 9.17) is 14.2 Å². The van der Waals surface area contributed by atoms with Crippen LogP contribution in [0.4, 0.5) is 4.79 Å². The summed E-state index contributed by atoms with van der Waals surface area (Å²) in [4.78, 5) is 23.2. The number of methoxy groups -OCH3 is 2. The summed E-state index contributed by atoms with van der Waals surface area (Å²) in [7, 11) is 2.68. The Morgan fingerprint density at radius 1 is 1.19 bits per heavy atom. The van der Waals surface area contributed by atoms with Crippen molar-refractivity contribution in [2.24, 2.45) is 0 Å². The van der Waals surface area contributed by atoms with Gasteiger partial charge in [-0.1, -0.05) is 30.3 Å². The van der Waals surface area contributed by atoms with Crippen LogP contribution in [-0.2, 0) is 30.3 Å². The summed E-state index contributed by atoms with van der Waals surface area (Å²) in [6.07, 6.45) is -0.727. The van der Waals surface area contributed by atoms with E-state index in [1.165, 1.54) is 14.2 Å². The van der Waals surface area contributed by atoms with Gasteiger partial charge in [-0.2, -0.15) is 0 Å². The summed E-state index contributed by atoms with van der Waals surface area (Å²) < 4.78 is 19.3. The summed E-state index contributed by atoms with van der Waals surface area (Å²) in [5.41, 5.74) is 0.845. The SMILES string of the molecule is COCOC[C@H](NC(=O)OCc1ccccc1)C(=O)OC. The minimum atomic E-state index is -0.951. The lowest BCUT2D eigenvalue weighted by Crippen LogP contribution is -2.45. The van der Waals surface area contributed by atoms with Crippen LogP contribution in [0.5, 0.6) is 0 Å². The Morgan fingerprint density at radius 2 is 1.90 bits per heavy atom. The zero-order chi connectivity index (χ0) is 15.5. The van der Waals surface area contributed by atoms with Crippen LogP contribution in [0.25, 0.3) is 0 Å². The molecule has 0 aromatic heterocycles. The van der Waals surface area contributed by atoms with Crippen LogP contribution < -0.4 is 5.32 Å². The molecule has 7 nitrogen and oxygen atoms in total. The fraction of sp³-hybridized carbons (Fsp3) is 0.429. The number of hydrogen-bond acceptors (Lipinski definition) is 6. The molecule has 1 rings (SSSR count). The Balaban J connectivity index is 2.41. The van der Waals surface area contributed by atoms with E-state index in [0.717, 1.165) is 5.56 Å². The van der Waals surface area contributed by atoms with Crippen LogP contribution in [0.1, 0.15) is 5.56 Å². The number of carbonyl (C=O) groups excluding carboxylic acids is 2. The summed E-state index contributed by atoms with van der Waals surface area (Å²) >= 11 is 0. The van der Waals surface area contributed by atoms with Crippen molar-refractivity contribution >= 4 is 12.1 Å². The van der Waals surface area contributed by atoms with E-state index in [0.29, 0.717) is 0 Å². The average molecular weight is 297 g/mol. The number of ether oxygens (including phenoxy) is 4. The van der Waals surface area contributed by atoms with Crippen molar-refractivity contribution in [2.75, 3.05) is 27.6 Å². The molecule has 0 aliphatic heterocycles. The molecule has 1 atom stereocenters. The number of benzene rings is 1. The molecule has 0 fully saturated rings. The molecule has 116 valence electrons. The fourth-order valence-electron chi connectivity index (χ4n) is 1.47. The molecule has 7 heteroatoms. The summed E-state index contributed by atoms with van der Waals surface area (Å²) in [6, 6.07) is 8.25. The van der Waals surface area contributed by atoms with Gasteiger partial charge in [-0.15, -0.1) is 0 Å². The topological polar surface area (TPSA) is 83.1 Å². The van der Waals surface area contributed by atoms with Gasteiger partial charge in [0.25, 0.3) is 0 Å². The third kappa shape index (κ3) is 6.73. The first-order chi connectivity index (χ1) is 10.2. The molecule has 0 bridgehead atoms. The Kier molecular flexibility index (Phi) is 7.85. The highest BCUT2D eigenvalue weighted by atomic mass is 16.7. The van der Waals surface area contributed by atoms with Gasteiger partial charge in [0.2, 0.25) is 0 Å². The van der Waals surface area contributed by atoms with E-state index in [-0.39, 0.29) is 20.0 Å². The first-order valence-electron chi connectivity index (χ1n) is 6.29. The van der Waals surface area contributed by atoms with Crippen molar-refractivity contribution in [3.63, 3.8) is 0 Å². The van der Waals surface area contributed by atoms with Crippen LogP contribution in [-0.4, -0.2) is 45.7 Å². The van der Waals surface area contributed by atoms with E-state index in [1.54, 1.807) is 0 Å². The van der Waals surface area contributed by atoms with Gasteiger partial charge >= 0.3 is 12.1 Å². The second-order valence-electron chi connectivity index (χ2n) is 4.06. The maximum Gasteiger partial charge on any atom is 0.408 e. The highest BCUT2D eigenvalue weighted by Gasteiger charge is 2.22. The molecule has 1 amide bonds. The molecule has 0 heterocycles. The normalized spacial score (nSPS) is 11.5. The second-order valence-corrected chi connectivity index (χ2v) is 4.06. The van der Waals surface area contributed by atoms with Crippen molar-refractivity contribution in [3.05, 3.63) is 35.9 Å². The third-order valence-corrected chi connectivity index (χ3v) is 2.48. The Morgan fingerprint density at radius 3 is 2.52 bits per heavy atom. The smallest absolute Gasteiger partial charge is 0.408 e. The summed E-state index contributed by atoms with van der Waals surface area (Å²) in [5.74, 6) is -0.622. The molecule has 1 aromatic rings. The number of amides is 1. The maximum absolute atomic E-state index is 11.7. The summed E-state index contributed by atoms with van der Waals surface area (Å²) in [5, 5.41) is 2.38. The first-order valence-corrected chi connectivity index (χ1v) is 6.29. The van der Waals surface area contributed by atoms with Gasteiger partial charge < -0.3 is 24.3 Å². The molecule has 0 saturated heterocycles. The van der Waals surface area contributed by atoms with Gasteiger partial charge in [-0.25, -0.2) is 9.59 Å². The fourth-order valence-corrected chi connectivity index (χ4v) is 1.47. The van der Waals surface area contributed by atoms with Gasteiger partial charge in [0.1, 0.15) is 13.4 Å². The van der Waals surface area contributed by atoms with E-state index in [9.17, 15) is 9.59 Å². The lowest BCUT2D eigenvalue weighted by molar-refractivity contribution is -0.146. The Hall–Kier alpha value is -2.12. The zero-order valence-corrected chi connectivity index (χ0v) is 12.0. The standard InChI is InChI=1S/C14H19NO6/c1-18-10-20-9-12(13(16)19-2)15-14(17)21-8-11-6-4-3-5-7-11/h3-7,12H,8-10H2,1-2H3,(H,15,17)/t12-/m0/s1. The minimum Gasteiger partial charge on any atom is -0.467 e. The summed E-state index contributed by atoms with van der Waals surface area (Å²) in [6.45, 7) is 0.0503. The van der Waals surface area contributed by atoms with Crippen LogP contribution in [0, 0.1) is 0 Å². The average Bonchev–Trinajstić information content (AvgIpc) is 2.52. The number of hydrogen-bond donors (Lipinski definition) is 1. The number of nitrogens with one attached hydrogen (secondary N) is 1. The lowest BCUT2D eigenvalue weighted by Gasteiger charge is -2.16. The van der Waals surface area contributed by atoms with Gasteiger partial charge in [-0.3, -0.25) is 0 Å². The lowest BCUT2D eigenvalue weighted by atomic mass is 10.2. The molecule has 21 heavy (non-hydrogen) atoms. The monoisotopic (exact) mass is 297 g/mol. The van der Waals surface area contributed by atoms with Crippen LogP contribution in [0.15, 0.2) is 30.3 Å². The molecule has 0 spiro atoms. The predicted octanol–water partition coefficient (Wildman–Crippen LogP) is 1.07. The minimum absolute atomic E-state index is 0.00817. The van der Waals surface area contributed by atoms with Crippen LogP contribution in [0.3, 0.4) is 0 Å². The highest BCUT2D eigenvalue weighted by molar-refractivity contribution is 5.81.